The fourth-order valence-corrected chi connectivity index (χ4v) is 4.25. The summed E-state index contributed by atoms with van der Waals surface area (Å²) in [5.41, 5.74) is 6.19. The van der Waals surface area contributed by atoms with Gasteiger partial charge in [-0.3, -0.25) is 9.69 Å². The average molecular weight is 419 g/mol. The van der Waals surface area contributed by atoms with Crippen LogP contribution in [0.5, 0.6) is 0 Å². The predicted molar refractivity (Wildman–Crippen MR) is 124 cm³/mol. The van der Waals surface area contributed by atoms with Gasteiger partial charge in [-0.15, -0.1) is 0 Å². The minimum atomic E-state index is -0.127. The van der Waals surface area contributed by atoms with Crippen LogP contribution in [0.25, 0.3) is 0 Å². The number of aromatic nitrogens is 1. The van der Waals surface area contributed by atoms with E-state index < -0.39 is 0 Å². The van der Waals surface area contributed by atoms with Crippen molar-refractivity contribution in [2.75, 3.05) is 31.9 Å². The van der Waals surface area contributed by atoms with Crippen LogP contribution < -0.4 is 11.1 Å². The van der Waals surface area contributed by atoms with Gasteiger partial charge in [0.2, 0.25) is 0 Å². The molecular formula is C24H42N4O2. The van der Waals surface area contributed by atoms with Gasteiger partial charge in [-0.25, -0.2) is 4.98 Å². The zero-order valence-electron chi connectivity index (χ0n) is 19.1. The molecule has 0 aliphatic carbocycles. The summed E-state index contributed by atoms with van der Waals surface area (Å²) >= 11 is 0. The molecule has 0 bridgehead atoms. The van der Waals surface area contributed by atoms with Gasteiger partial charge in [0, 0.05) is 25.8 Å². The molecule has 0 spiro atoms. The molecule has 0 unspecified atom stereocenters. The number of nitrogens with one attached hydrogen (secondary N) is 1. The first kappa shape index (κ1) is 24.6. The molecule has 6 nitrogen and oxygen atoms in total. The third kappa shape index (κ3) is 9.90. The van der Waals surface area contributed by atoms with Gasteiger partial charge in [0.25, 0.3) is 5.91 Å². The Morgan fingerprint density at radius 3 is 2.20 bits per heavy atom. The van der Waals surface area contributed by atoms with Crippen LogP contribution in [-0.2, 0) is 4.74 Å². The zero-order chi connectivity index (χ0) is 21.6. The summed E-state index contributed by atoms with van der Waals surface area (Å²) in [5.74, 6) is 0.165. The molecule has 0 saturated carbocycles. The van der Waals surface area contributed by atoms with Crippen molar-refractivity contribution in [1.82, 2.24) is 15.2 Å². The van der Waals surface area contributed by atoms with Crippen molar-refractivity contribution >= 4 is 11.7 Å². The SMILES string of the molecule is C[C@@H]1CN(CCCCCCCCCCCCNC(=O)c2cccnc2N)C[C@H](C)O1. The highest BCUT2D eigenvalue weighted by Gasteiger charge is 2.21. The third-order valence-electron chi connectivity index (χ3n) is 5.77. The average Bonchev–Trinajstić information content (AvgIpc) is 2.71. The summed E-state index contributed by atoms with van der Waals surface area (Å²) in [4.78, 5) is 18.5. The predicted octanol–water partition coefficient (Wildman–Crippen LogP) is 4.40. The number of nitrogens with zero attached hydrogens (tertiary/aromatic N) is 2. The Kier molecular flexibility index (Phi) is 11.8. The number of hydrogen-bond donors (Lipinski definition) is 2. The lowest BCUT2D eigenvalue weighted by molar-refractivity contribution is -0.0681. The maximum Gasteiger partial charge on any atom is 0.255 e. The molecule has 1 saturated heterocycles. The molecule has 2 atom stereocenters. The van der Waals surface area contributed by atoms with Gasteiger partial charge in [0.1, 0.15) is 5.82 Å². The van der Waals surface area contributed by atoms with Crippen LogP contribution >= 0.6 is 0 Å². The lowest BCUT2D eigenvalue weighted by Crippen LogP contribution is -2.45. The summed E-state index contributed by atoms with van der Waals surface area (Å²) in [6, 6.07) is 3.44. The summed E-state index contributed by atoms with van der Waals surface area (Å²) in [7, 11) is 0. The molecule has 2 rings (SSSR count). The van der Waals surface area contributed by atoms with E-state index >= 15 is 0 Å². The van der Waals surface area contributed by atoms with Crippen LogP contribution in [-0.4, -0.2) is 54.2 Å². The standard InChI is InChI=1S/C24H42N4O2/c1-20-18-28(19-21(2)30-20)17-12-10-8-6-4-3-5-7-9-11-15-27-24(29)22-14-13-16-26-23(22)25/h13-14,16,20-21H,3-12,15,17-19H2,1-2H3,(H2,25,26)(H,27,29)/t20-,21+. The van der Waals surface area contributed by atoms with E-state index in [0.717, 1.165) is 19.5 Å². The van der Waals surface area contributed by atoms with E-state index in [9.17, 15) is 4.79 Å². The summed E-state index contributed by atoms with van der Waals surface area (Å²) < 4.78 is 5.80. The summed E-state index contributed by atoms with van der Waals surface area (Å²) in [5, 5.41) is 2.93. The van der Waals surface area contributed by atoms with Gasteiger partial charge in [-0.05, 0) is 45.4 Å². The van der Waals surface area contributed by atoms with E-state index in [2.05, 4.69) is 29.0 Å². The number of nitrogen functional groups attached to an aromatic ring is 1. The van der Waals surface area contributed by atoms with Crippen molar-refractivity contribution in [2.24, 2.45) is 0 Å². The minimum Gasteiger partial charge on any atom is -0.383 e. The van der Waals surface area contributed by atoms with E-state index in [1.807, 2.05) is 0 Å². The molecule has 0 radical (unpaired) electrons. The van der Waals surface area contributed by atoms with Crippen LogP contribution in [0, 0.1) is 0 Å². The number of hydrogen-bond acceptors (Lipinski definition) is 5. The highest BCUT2D eigenvalue weighted by atomic mass is 16.5. The monoisotopic (exact) mass is 418 g/mol. The second-order valence-corrected chi connectivity index (χ2v) is 8.74. The van der Waals surface area contributed by atoms with Crippen LogP contribution in [0.15, 0.2) is 18.3 Å². The second kappa shape index (κ2) is 14.4. The van der Waals surface area contributed by atoms with Crippen molar-refractivity contribution in [3.63, 3.8) is 0 Å². The van der Waals surface area contributed by atoms with E-state index in [-0.39, 0.29) is 5.91 Å². The molecule has 170 valence electrons. The molecule has 6 heteroatoms. The fraction of sp³-hybridized carbons (Fsp3) is 0.750. The molecule has 2 heterocycles. The zero-order valence-corrected chi connectivity index (χ0v) is 19.1. The highest BCUT2D eigenvalue weighted by Crippen LogP contribution is 2.14. The molecule has 1 aliphatic rings. The van der Waals surface area contributed by atoms with Crippen molar-refractivity contribution in [3.8, 4) is 0 Å². The first-order valence-corrected chi connectivity index (χ1v) is 11.9. The Labute approximate surface area is 183 Å². The summed E-state index contributed by atoms with van der Waals surface area (Å²) in [6.07, 6.45) is 15.1. The fourth-order valence-electron chi connectivity index (χ4n) is 4.25. The highest BCUT2D eigenvalue weighted by molar-refractivity contribution is 5.98. The third-order valence-corrected chi connectivity index (χ3v) is 5.77. The lowest BCUT2D eigenvalue weighted by atomic mass is 10.1. The molecule has 1 aliphatic heterocycles. The number of amides is 1. The molecule has 1 aromatic heterocycles. The molecule has 30 heavy (non-hydrogen) atoms. The van der Waals surface area contributed by atoms with E-state index in [4.69, 9.17) is 10.5 Å². The van der Waals surface area contributed by atoms with E-state index in [1.54, 1.807) is 18.3 Å². The number of pyridine rings is 1. The number of carbonyl (C=O) groups excluding carboxylic acids is 1. The number of ether oxygens (including phenoxy) is 1. The van der Waals surface area contributed by atoms with Gasteiger partial charge in [-0.2, -0.15) is 0 Å². The van der Waals surface area contributed by atoms with Crippen molar-refractivity contribution in [1.29, 1.82) is 0 Å². The van der Waals surface area contributed by atoms with Gasteiger partial charge >= 0.3 is 0 Å². The molecular weight excluding hydrogens is 376 g/mol. The topological polar surface area (TPSA) is 80.5 Å². The maximum atomic E-state index is 12.0. The molecule has 1 amide bonds. The van der Waals surface area contributed by atoms with E-state index in [0.29, 0.717) is 30.1 Å². The van der Waals surface area contributed by atoms with Crippen LogP contribution in [0.3, 0.4) is 0 Å². The lowest BCUT2D eigenvalue weighted by Gasteiger charge is -2.35. The Bertz CT molecular complexity index is 601. The molecule has 1 fully saturated rings. The first-order chi connectivity index (χ1) is 14.6. The smallest absolute Gasteiger partial charge is 0.255 e. The van der Waals surface area contributed by atoms with Crippen LogP contribution in [0.1, 0.15) is 88.4 Å². The van der Waals surface area contributed by atoms with Crippen LogP contribution in [0.4, 0.5) is 5.82 Å². The number of carbonyl (C=O) groups is 1. The number of unbranched alkanes of at least 4 members (excludes halogenated alkanes) is 9. The quantitative estimate of drug-likeness (QED) is 0.438. The van der Waals surface area contributed by atoms with Crippen molar-refractivity contribution in [3.05, 3.63) is 23.9 Å². The molecule has 3 N–H and O–H groups in total. The second-order valence-electron chi connectivity index (χ2n) is 8.74. The number of rotatable bonds is 14. The van der Waals surface area contributed by atoms with Crippen LogP contribution in [0.2, 0.25) is 0 Å². The van der Waals surface area contributed by atoms with Crippen molar-refractivity contribution in [2.45, 2.75) is 90.3 Å². The van der Waals surface area contributed by atoms with Gasteiger partial charge in [0.05, 0.1) is 17.8 Å². The Morgan fingerprint density at radius 2 is 1.60 bits per heavy atom. The molecule has 0 aromatic carbocycles. The minimum absolute atomic E-state index is 0.127. The summed E-state index contributed by atoms with van der Waals surface area (Å²) in [6.45, 7) is 8.46. The number of morpholine rings is 1. The Morgan fingerprint density at radius 1 is 1.03 bits per heavy atom. The maximum absolute atomic E-state index is 12.0. The van der Waals surface area contributed by atoms with Crippen molar-refractivity contribution < 1.29 is 9.53 Å². The molecule has 1 aromatic rings. The number of nitrogens with two attached hydrogens (primary N) is 1. The van der Waals surface area contributed by atoms with Gasteiger partial charge < -0.3 is 15.8 Å². The normalized spacial score (nSPS) is 19.7. The number of anilines is 1. The van der Waals surface area contributed by atoms with Gasteiger partial charge in [-0.1, -0.05) is 51.4 Å². The van der Waals surface area contributed by atoms with E-state index in [1.165, 1.54) is 64.3 Å². The van der Waals surface area contributed by atoms with Gasteiger partial charge in [0.15, 0.2) is 0 Å². The first-order valence-electron chi connectivity index (χ1n) is 11.9. The Balaban J connectivity index is 1.34. The Hall–Kier alpha value is -1.66. The largest absolute Gasteiger partial charge is 0.383 e.